The second kappa shape index (κ2) is 8.07. The third-order valence-corrected chi connectivity index (χ3v) is 6.37. The minimum atomic E-state index is -3.69. The average molecular weight is 443 g/mol. The Morgan fingerprint density at radius 2 is 1.62 bits per heavy atom. The van der Waals surface area contributed by atoms with Gasteiger partial charge in [-0.3, -0.25) is 4.79 Å². The minimum Gasteiger partial charge on any atom is -0.497 e. The van der Waals surface area contributed by atoms with E-state index >= 15 is 0 Å². The lowest BCUT2D eigenvalue weighted by Crippen LogP contribution is -2.23. The molecule has 0 aliphatic rings. The molecule has 2 aromatic rings. The predicted molar refractivity (Wildman–Crippen MR) is 103 cm³/mol. The highest BCUT2D eigenvalue weighted by atomic mass is 79.9. The maximum atomic E-state index is 12.6. The number of ether oxygens (including phenoxy) is 2. The second-order valence-electron chi connectivity index (χ2n) is 5.49. The molecule has 9 heteroatoms. The summed E-state index contributed by atoms with van der Waals surface area (Å²) >= 11 is 3.22. The summed E-state index contributed by atoms with van der Waals surface area (Å²) in [5.41, 5.74) is 0.668. The lowest BCUT2D eigenvalue weighted by Gasteiger charge is -2.14. The van der Waals surface area contributed by atoms with Gasteiger partial charge in [0.25, 0.3) is 5.91 Å². The van der Waals surface area contributed by atoms with Gasteiger partial charge in [-0.05, 0) is 34.1 Å². The molecule has 1 N–H and O–H groups in total. The minimum absolute atomic E-state index is 0.0124. The van der Waals surface area contributed by atoms with Gasteiger partial charge < -0.3 is 14.8 Å². The van der Waals surface area contributed by atoms with Crippen LogP contribution >= 0.6 is 15.9 Å². The first-order valence-electron chi connectivity index (χ1n) is 7.45. The molecule has 0 bridgehead atoms. The molecule has 7 nitrogen and oxygen atoms in total. The van der Waals surface area contributed by atoms with Gasteiger partial charge in [0.1, 0.15) is 11.5 Å². The number of nitrogens with zero attached hydrogens (tertiary/aromatic N) is 1. The van der Waals surface area contributed by atoms with Crippen LogP contribution in [0.4, 0.5) is 5.69 Å². The van der Waals surface area contributed by atoms with Crippen molar-refractivity contribution in [2.75, 3.05) is 33.6 Å². The maximum Gasteiger partial charge on any atom is 0.255 e. The van der Waals surface area contributed by atoms with Gasteiger partial charge >= 0.3 is 0 Å². The van der Waals surface area contributed by atoms with Crippen molar-refractivity contribution >= 4 is 37.5 Å². The monoisotopic (exact) mass is 442 g/mol. The number of amides is 1. The summed E-state index contributed by atoms with van der Waals surface area (Å²) in [6.45, 7) is 0. The largest absolute Gasteiger partial charge is 0.497 e. The number of sulfonamides is 1. The zero-order chi connectivity index (χ0) is 19.5. The molecule has 0 atom stereocenters. The van der Waals surface area contributed by atoms with E-state index in [2.05, 4.69) is 21.2 Å². The van der Waals surface area contributed by atoms with Gasteiger partial charge in [0.15, 0.2) is 0 Å². The number of carbonyl (C=O) groups is 1. The van der Waals surface area contributed by atoms with Crippen LogP contribution in [0.3, 0.4) is 0 Å². The summed E-state index contributed by atoms with van der Waals surface area (Å²) in [6.07, 6.45) is 0. The molecule has 0 heterocycles. The van der Waals surface area contributed by atoms with Gasteiger partial charge in [0, 0.05) is 48.0 Å². The molecule has 0 saturated carbocycles. The van der Waals surface area contributed by atoms with Crippen LogP contribution in [0.25, 0.3) is 0 Å². The van der Waals surface area contributed by atoms with Crippen LogP contribution in [0.15, 0.2) is 45.8 Å². The van der Waals surface area contributed by atoms with Crippen molar-refractivity contribution < 1.29 is 22.7 Å². The van der Waals surface area contributed by atoms with Crippen molar-refractivity contribution in [1.29, 1.82) is 0 Å². The van der Waals surface area contributed by atoms with E-state index in [-0.39, 0.29) is 10.5 Å². The number of nitrogens with one attached hydrogen (secondary N) is 1. The third kappa shape index (κ3) is 4.35. The van der Waals surface area contributed by atoms with E-state index in [0.29, 0.717) is 21.7 Å². The molecule has 0 aliphatic carbocycles. The van der Waals surface area contributed by atoms with E-state index in [9.17, 15) is 13.2 Å². The van der Waals surface area contributed by atoms with E-state index in [4.69, 9.17) is 9.47 Å². The lowest BCUT2D eigenvalue weighted by atomic mass is 10.2. The fourth-order valence-electron chi connectivity index (χ4n) is 2.12. The molecule has 0 radical (unpaired) electrons. The summed E-state index contributed by atoms with van der Waals surface area (Å²) in [6, 6.07) is 9.33. The van der Waals surface area contributed by atoms with Crippen molar-refractivity contribution in [3.05, 3.63) is 46.4 Å². The van der Waals surface area contributed by atoms with Gasteiger partial charge in [-0.25, -0.2) is 12.7 Å². The molecule has 0 spiro atoms. The lowest BCUT2D eigenvalue weighted by molar-refractivity contribution is 0.102. The van der Waals surface area contributed by atoms with Gasteiger partial charge in [-0.15, -0.1) is 0 Å². The highest BCUT2D eigenvalue weighted by Crippen LogP contribution is 2.28. The first-order valence-corrected chi connectivity index (χ1v) is 9.69. The SMILES string of the molecule is COc1cc(NC(=O)c2ccc(Br)c(S(=O)(=O)N(C)C)c2)cc(OC)c1. The summed E-state index contributed by atoms with van der Waals surface area (Å²) in [7, 11) is 2.18. The van der Waals surface area contributed by atoms with Crippen molar-refractivity contribution in [2.24, 2.45) is 0 Å². The van der Waals surface area contributed by atoms with Crippen molar-refractivity contribution in [1.82, 2.24) is 4.31 Å². The number of benzene rings is 2. The molecule has 2 aromatic carbocycles. The molecule has 0 aromatic heterocycles. The van der Waals surface area contributed by atoms with Gasteiger partial charge in [-0.2, -0.15) is 0 Å². The number of rotatable bonds is 6. The third-order valence-electron chi connectivity index (χ3n) is 3.56. The van der Waals surface area contributed by atoms with Gasteiger partial charge in [-0.1, -0.05) is 0 Å². The summed E-state index contributed by atoms with van der Waals surface area (Å²) in [5.74, 6) is 0.584. The van der Waals surface area contributed by atoms with Gasteiger partial charge in [0.05, 0.1) is 19.1 Å². The highest BCUT2D eigenvalue weighted by Gasteiger charge is 2.22. The Balaban J connectivity index is 2.37. The summed E-state index contributed by atoms with van der Waals surface area (Å²) in [5, 5.41) is 2.71. The number of carbonyl (C=O) groups excluding carboxylic acids is 1. The van der Waals surface area contributed by atoms with Crippen molar-refractivity contribution in [2.45, 2.75) is 4.90 Å². The molecule has 1 amide bonds. The van der Waals surface area contributed by atoms with Gasteiger partial charge in [0.2, 0.25) is 10.0 Å². The normalized spacial score (nSPS) is 11.3. The Morgan fingerprint density at radius 3 is 2.12 bits per heavy atom. The fraction of sp³-hybridized carbons (Fsp3) is 0.235. The zero-order valence-corrected chi connectivity index (χ0v) is 17.1. The van der Waals surface area contributed by atoms with Crippen molar-refractivity contribution in [3.8, 4) is 11.5 Å². The van der Waals surface area contributed by atoms with Crippen LogP contribution in [-0.2, 0) is 10.0 Å². The van der Waals surface area contributed by atoms with Crippen LogP contribution in [0.1, 0.15) is 10.4 Å². The average Bonchev–Trinajstić information content (AvgIpc) is 2.61. The number of hydrogen-bond acceptors (Lipinski definition) is 5. The molecular weight excluding hydrogens is 424 g/mol. The number of halogens is 1. The second-order valence-corrected chi connectivity index (χ2v) is 8.46. The topological polar surface area (TPSA) is 84.9 Å². The molecule has 140 valence electrons. The Kier molecular flexibility index (Phi) is 6.27. The van der Waals surface area contributed by atoms with E-state index < -0.39 is 15.9 Å². The van der Waals surface area contributed by atoms with Crippen molar-refractivity contribution in [3.63, 3.8) is 0 Å². The molecule has 2 rings (SSSR count). The number of hydrogen-bond donors (Lipinski definition) is 1. The smallest absolute Gasteiger partial charge is 0.255 e. The van der Waals surface area contributed by atoms with Crippen LogP contribution in [0, 0.1) is 0 Å². The first kappa shape index (κ1) is 20.2. The van der Waals surface area contributed by atoms with Crippen LogP contribution in [0.2, 0.25) is 0 Å². The maximum absolute atomic E-state index is 12.6. The first-order chi connectivity index (χ1) is 12.2. The van der Waals surface area contributed by atoms with Crippen LogP contribution in [0.5, 0.6) is 11.5 Å². The zero-order valence-electron chi connectivity index (χ0n) is 14.7. The molecule has 0 saturated heterocycles. The van der Waals surface area contributed by atoms with Crippen LogP contribution in [-0.4, -0.2) is 46.9 Å². The van der Waals surface area contributed by atoms with E-state index in [1.165, 1.54) is 46.5 Å². The molecular formula is C17H19BrN2O5S. The van der Waals surface area contributed by atoms with E-state index in [1.54, 1.807) is 18.2 Å². The number of methoxy groups -OCH3 is 2. The molecule has 0 fully saturated rings. The standard InChI is InChI=1S/C17H19BrN2O5S/c1-20(2)26(22,23)16-7-11(5-6-15(16)18)17(21)19-12-8-13(24-3)10-14(9-12)25-4/h5-10H,1-4H3,(H,19,21). The molecule has 26 heavy (non-hydrogen) atoms. The van der Waals surface area contributed by atoms with Crippen LogP contribution < -0.4 is 14.8 Å². The fourth-order valence-corrected chi connectivity index (χ4v) is 3.97. The summed E-state index contributed by atoms with van der Waals surface area (Å²) < 4.78 is 36.6. The number of anilines is 1. The van der Waals surface area contributed by atoms with E-state index in [1.807, 2.05) is 0 Å². The highest BCUT2D eigenvalue weighted by molar-refractivity contribution is 9.10. The van der Waals surface area contributed by atoms with E-state index in [0.717, 1.165) is 4.31 Å². The predicted octanol–water partition coefficient (Wildman–Crippen LogP) is 2.97. The Hall–Kier alpha value is -2.10. The Labute approximate surface area is 161 Å². The molecule has 0 unspecified atom stereocenters. The molecule has 0 aliphatic heterocycles. The Morgan fingerprint density at radius 1 is 1.04 bits per heavy atom. The summed E-state index contributed by atoms with van der Waals surface area (Å²) in [4.78, 5) is 12.6. The quantitative estimate of drug-likeness (QED) is 0.742. The Bertz CT molecular complexity index is 906.